The molecule has 1 atom stereocenters. The SMILES string of the molecule is COc1ccc(S(=O)(=O)N(CC(=O)N/N=C\c2ccc(OCC(=O)NC[C@H]3CCCO3)cc2)c2ccccc2)cc1. The van der Waals surface area contributed by atoms with Crippen LogP contribution in [0.15, 0.2) is 88.9 Å². The highest BCUT2D eigenvalue weighted by Crippen LogP contribution is 2.25. The number of hydrogen-bond acceptors (Lipinski definition) is 8. The zero-order chi connectivity index (χ0) is 29.1. The van der Waals surface area contributed by atoms with Crippen molar-refractivity contribution in [2.75, 3.05) is 37.7 Å². The molecule has 216 valence electrons. The summed E-state index contributed by atoms with van der Waals surface area (Å²) in [5.74, 6) is 0.154. The fraction of sp³-hybridized carbons (Fsp3) is 0.276. The van der Waals surface area contributed by atoms with Crippen molar-refractivity contribution < 1.29 is 32.2 Å². The molecule has 1 heterocycles. The van der Waals surface area contributed by atoms with Crippen molar-refractivity contribution in [2.45, 2.75) is 23.8 Å². The predicted octanol–water partition coefficient (Wildman–Crippen LogP) is 2.71. The minimum atomic E-state index is -4.06. The first-order valence-electron chi connectivity index (χ1n) is 13.0. The topological polar surface area (TPSA) is 136 Å². The van der Waals surface area contributed by atoms with Gasteiger partial charge in [0, 0.05) is 13.2 Å². The number of nitrogens with zero attached hydrogens (tertiary/aromatic N) is 2. The molecule has 3 aromatic carbocycles. The van der Waals surface area contributed by atoms with Gasteiger partial charge in [-0.15, -0.1) is 0 Å². The van der Waals surface area contributed by atoms with Crippen molar-refractivity contribution in [2.24, 2.45) is 5.10 Å². The van der Waals surface area contributed by atoms with Gasteiger partial charge in [-0.05, 0) is 79.1 Å². The molecular formula is C29H32N4O7S. The molecule has 1 aliphatic heterocycles. The van der Waals surface area contributed by atoms with E-state index >= 15 is 0 Å². The van der Waals surface area contributed by atoms with Gasteiger partial charge in [0.15, 0.2) is 6.61 Å². The molecule has 3 aromatic rings. The maximum Gasteiger partial charge on any atom is 0.264 e. The van der Waals surface area contributed by atoms with E-state index < -0.39 is 22.5 Å². The average Bonchev–Trinajstić information content (AvgIpc) is 3.53. The number of hydrazone groups is 1. The third kappa shape index (κ3) is 8.53. The van der Waals surface area contributed by atoms with Crippen LogP contribution in [0.5, 0.6) is 11.5 Å². The summed E-state index contributed by atoms with van der Waals surface area (Å²) in [5.41, 5.74) is 3.37. The Morgan fingerprint density at radius 3 is 2.37 bits per heavy atom. The van der Waals surface area contributed by atoms with Crippen LogP contribution in [-0.2, 0) is 24.3 Å². The van der Waals surface area contributed by atoms with E-state index in [1.165, 1.54) is 37.6 Å². The Balaban J connectivity index is 1.31. The van der Waals surface area contributed by atoms with Crippen LogP contribution in [0.4, 0.5) is 5.69 Å². The maximum atomic E-state index is 13.4. The summed E-state index contributed by atoms with van der Waals surface area (Å²) >= 11 is 0. The van der Waals surface area contributed by atoms with Gasteiger partial charge in [-0.1, -0.05) is 18.2 Å². The monoisotopic (exact) mass is 580 g/mol. The number of nitrogens with one attached hydrogen (secondary N) is 2. The molecule has 0 bridgehead atoms. The van der Waals surface area contributed by atoms with Gasteiger partial charge < -0.3 is 19.5 Å². The number of para-hydroxylation sites is 1. The van der Waals surface area contributed by atoms with E-state index in [2.05, 4.69) is 15.8 Å². The molecule has 4 rings (SSSR count). The summed E-state index contributed by atoms with van der Waals surface area (Å²) in [7, 11) is -2.57. The summed E-state index contributed by atoms with van der Waals surface area (Å²) in [5, 5.41) is 6.75. The number of anilines is 1. The Kier molecular flexibility index (Phi) is 10.3. The summed E-state index contributed by atoms with van der Waals surface area (Å²) in [6.45, 7) is 0.597. The van der Waals surface area contributed by atoms with Gasteiger partial charge in [0.05, 0.1) is 30.0 Å². The van der Waals surface area contributed by atoms with Crippen molar-refractivity contribution in [1.82, 2.24) is 10.7 Å². The molecule has 1 fully saturated rings. The first-order valence-corrected chi connectivity index (χ1v) is 14.4. The second kappa shape index (κ2) is 14.3. The number of rotatable bonds is 13. The van der Waals surface area contributed by atoms with Gasteiger partial charge in [0.2, 0.25) is 0 Å². The molecule has 0 spiro atoms. The van der Waals surface area contributed by atoms with E-state index in [9.17, 15) is 18.0 Å². The third-order valence-electron chi connectivity index (χ3n) is 6.18. The Hall–Kier alpha value is -4.42. The molecular weight excluding hydrogens is 548 g/mol. The number of ether oxygens (including phenoxy) is 3. The van der Waals surface area contributed by atoms with Gasteiger partial charge in [0.25, 0.3) is 21.8 Å². The number of carbonyl (C=O) groups excluding carboxylic acids is 2. The molecule has 2 amide bonds. The van der Waals surface area contributed by atoms with Crippen LogP contribution >= 0.6 is 0 Å². The van der Waals surface area contributed by atoms with Crippen molar-refractivity contribution in [3.63, 3.8) is 0 Å². The molecule has 0 radical (unpaired) electrons. The van der Waals surface area contributed by atoms with E-state index in [1.807, 2.05) is 0 Å². The Morgan fingerprint density at radius 2 is 1.71 bits per heavy atom. The molecule has 12 heteroatoms. The van der Waals surface area contributed by atoms with Crippen LogP contribution in [0.2, 0.25) is 0 Å². The summed E-state index contributed by atoms with van der Waals surface area (Å²) in [6.07, 6.45) is 3.44. The lowest BCUT2D eigenvalue weighted by Crippen LogP contribution is -2.39. The van der Waals surface area contributed by atoms with Crippen molar-refractivity contribution in [3.05, 3.63) is 84.4 Å². The number of methoxy groups -OCH3 is 1. The van der Waals surface area contributed by atoms with Crippen LogP contribution < -0.4 is 24.5 Å². The van der Waals surface area contributed by atoms with Crippen molar-refractivity contribution >= 4 is 33.7 Å². The van der Waals surface area contributed by atoms with Crippen molar-refractivity contribution in [3.8, 4) is 11.5 Å². The van der Waals surface area contributed by atoms with E-state index in [0.717, 1.165) is 23.8 Å². The molecule has 2 N–H and O–H groups in total. The minimum absolute atomic E-state index is 0.0149. The standard InChI is InChI=1S/C29H32N4O7S/c1-38-24-13-15-27(16-14-24)41(36,37)33(23-6-3-2-4-7-23)20-28(34)32-31-18-22-9-11-25(12-10-22)40-21-29(35)30-19-26-8-5-17-39-26/h2-4,6-7,9-16,18,26H,5,8,17,19-21H2,1H3,(H,30,35)(H,32,34)/b31-18-/t26-/m1/s1. The number of amides is 2. The zero-order valence-electron chi connectivity index (χ0n) is 22.6. The fourth-order valence-electron chi connectivity index (χ4n) is 4.01. The highest BCUT2D eigenvalue weighted by Gasteiger charge is 2.27. The first-order chi connectivity index (χ1) is 19.8. The van der Waals surface area contributed by atoms with Crippen LogP contribution in [0.3, 0.4) is 0 Å². The smallest absolute Gasteiger partial charge is 0.264 e. The van der Waals surface area contributed by atoms with Gasteiger partial charge in [-0.3, -0.25) is 13.9 Å². The second-order valence-corrected chi connectivity index (χ2v) is 11.0. The second-order valence-electron chi connectivity index (χ2n) is 9.11. The summed E-state index contributed by atoms with van der Waals surface area (Å²) < 4.78 is 43.9. The van der Waals surface area contributed by atoms with Gasteiger partial charge in [0.1, 0.15) is 18.0 Å². The Labute approximate surface area is 239 Å². The van der Waals surface area contributed by atoms with Gasteiger partial charge in [-0.2, -0.15) is 5.10 Å². The highest BCUT2D eigenvalue weighted by molar-refractivity contribution is 7.92. The normalized spacial score (nSPS) is 14.9. The fourth-order valence-corrected chi connectivity index (χ4v) is 5.43. The van der Waals surface area contributed by atoms with Crippen LogP contribution in [0, 0.1) is 0 Å². The quantitative estimate of drug-likeness (QED) is 0.234. The number of hydrogen-bond donors (Lipinski definition) is 2. The summed E-state index contributed by atoms with van der Waals surface area (Å²) in [4.78, 5) is 24.7. The molecule has 0 aromatic heterocycles. The lowest BCUT2D eigenvalue weighted by Gasteiger charge is -2.23. The van der Waals surface area contributed by atoms with Gasteiger partial charge in [-0.25, -0.2) is 13.8 Å². The molecule has 0 aliphatic carbocycles. The lowest BCUT2D eigenvalue weighted by atomic mass is 10.2. The van der Waals surface area contributed by atoms with E-state index in [-0.39, 0.29) is 23.5 Å². The number of benzene rings is 3. The maximum absolute atomic E-state index is 13.4. The van der Waals surface area contributed by atoms with Crippen molar-refractivity contribution in [1.29, 1.82) is 0 Å². The lowest BCUT2D eigenvalue weighted by molar-refractivity contribution is -0.123. The first kappa shape index (κ1) is 29.6. The van der Waals surface area contributed by atoms with E-state index in [1.54, 1.807) is 54.6 Å². The molecule has 0 unspecified atom stereocenters. The largest absolute Gasteiger partial charge is 0.497 e. The third-order valence-corrected chi connectivity index (χ3v) is 7.97. The molecule has 41 heavy (non-hydrogen) atoms. The Morgan fingerprint density at radius 1 is 1.00 bits per heavy atom. The number of carbonyl (C=O) groups is 2. The highest BCUT2D eigenvalue weighted by atomic mass is 32.2. The van der Waals surface area contributed by atoms with E-state index in [4.69, 9.17) is 14.2 Å². The van der Waals surface area contributed by atoms with Crippen LogP contribution in [-0.4, -0.2) is 66.0 Å². The molecule has 1 saturated heterocycles. The average molecular weight is 581 g/mol. The van der Waals surface area contributed by atoms with Crippen LogP contribution in [0.1, 0.15) is 18.4 Å². The molecule has 11 nitrogen and oxygen atoms in total. The zero-order valence-corrected chi connectivity index (χ0v) is 23.4. The van der Waals surface area contributed by atoms with E-state index in [0.29, 0.717) is 29.3 Å². The predicted molar refractivity (Wildman–Crippen MR) is 154 cm³/mol. The molecule has 1 aliphatic rings. The summed E-state index contributed by atoms with van der Waals surface area (Å²) in [6, 6.07) is 21.0. The molecule has 0 saturated carbocycles. The minimum Gasteiger partial charge on any atom is -0.497 e. The number of sulfonamides is 1. The Bertz CT molecular complexity index is 1420. The van der Waals surface area contributed by atoms with Crippen LogP contribution in [0.25, 0.3) is 0 Å². The van der Waals surface area contributed by atoms with Gasteiger partial charge >= 0.3 is 0 Å².